The molecule has 0 aliphatic heterocycles. The van der Waals surface area contributed by atoms with Crippen LogP contribution in [0.4, 0.5) is 0 Å². The number of amides is 1. The zero-order valence-electron chi connectivity index (χ0n) is 13.1. The first kappa shape index (κ1) is 19.1. The zero-order valence-corrected chi connectivity index (χ0v) is 16.3. The number of carbonyl (C=O) groups is 1. The molecule has 1 aromatic heterocycles. The molecule has 0 bridgehead atoms. The molecule has 2 rings (SSSR count). The number of aromatic nitrogens is 1. The maximum Gasteiger partial charge on any atom is 0.255 e. The first-order chi connectivity index (χ1) is 11.2. The Balaban J connectivity index is 1.86. The number of hydrogen-bond donors (Lipinski definition) is 2. The molecule has 132 valence electrons. The summed E-state index contributed by atoms with van der Waals surface area (Å²) in [5.41, 5.74) is 4.06. The van der Waals surface area contributed by atoms with Gasteiger partial charge in [0.2, 0.25) is 10.0 Å². The Bertz CT molecular complexity index is 730. The summed E-state index contributed by atoms with van der Waals surface area (Å²) in [5.74, 6) is -1.12. The molecule has 1 aliphatic carbocycles. The number of hydrazine groups is 2. The minimum absolute atomic E-state index is 0.272. The van der Waals surface area contributed by atoms with E-state index >= 15 is 0 Å². The highest BCUT2D eigenvalue weighted by Gasteiger charge is 2.30. The SMILES string of the molecule is CN(NS(=O)(=O)CC(=O)NN(C)C(=S)C1CC1)C(=S)c1cncs1. The van der Waals surface area contributed by atoms with Crippen LogP contribution in [0.25, 0.3) is 0 Å². The van der Waals surface area contributed by atoms with Crippen molar-refractivity contribution in [1.29, 1.82) is 0 Å². The minimum Gasteiger partial charge on any atom is -0.287 e. The van der Waals surface area contributed by atoms with Gasteiger partial charge in [0.05, 0.1) is 15.4 Å². The highest BCUT2D eigenvalue weighted by molar-refractivity contribution is 7.90. The highest BCUT2D eigenvalue weighted by Crippen LogP contribution is 2.31. The third-order valence-electron chi connectivity index (χ3n) is 3.09. The normalized spacial score (nSPS) is 14.1. The number of carbonyl (C=O) groups excluding carboxylic acids is 1. The lowest BCUT2D eigenvalue weighted by atomic mass is 10.4. The molecular formula is C12H17N5O3S4. The second-order valence-electron chi connectivity index (χ2n) is 5.29. The van der Waals surface area contributed by atoms with Gasteiger partial charge in [-0.1, -0.05) is 24.4 Å². The van der Waals surface area contributed by atoms with E-state index in [2.05, 4.69) is 15.2 Å². The van der Waals surface area contributed by atoms with E-state index in [4.69, 9.17) is 24.4 Å². The Hall–Kier alpha value is -1.21. The number of sulfonamides is 1. The van der Waals surface area contributed by atoms with Crippen LogP contribution in [-0.4, -0.2) is 59.2 Å². The molecule has 1 heterocycles. The zero-order chi connectivity index (χ0) is 17.9. The summed E-state index contributed by atoms with van der Waals surface area (Å²) in [6.07, 6.45) is 3.54. The average Bonchev–Trinajstić information content (AvgIpc) is 3.18. The lowest BCUT2D eigenvalue weighted by Crippen LogP contribution is -2.49. The molecule has 1 aliphatic rings. The minimum atomic E-state index is -3.90. The molecule has 0 saturated heterocycles. The fourth-order valence-electron chi connectivity index (χ4n) is 1.82. The van der Waals surface area contributed by atoms with E-state index in [1.807, 2.05) is 0 Å². The van der Waals surface area contributed by atoms with Crippen LogP contribution < -0.4 is 10.3 Å². The Morgan fingerprint density at radius 2 is 2.04 bits per heavy atom. The molecule has 1 saturated carbocycles. The predicted molar refractivity (Wildman–Crippen MR) is 99.7 cm³/mol. The molecule has 24 heavy (non-hydrogen) atoms. The summed E-state index contributed by atoms with van der Waals surface area (Å²) in [6, 6.07) is 0. The lowest BCUT2D eigenvalue weighted by molar-refractivity contribution is -0.121. The van der Waals surface area contributed by atoms with E-state index in [9.17, 15) is 13.2 Å². The lowest BCUT2D eigenvalue weighted by Gasteiger charge is -2.22. The Morgan fingerprint density at radius 1 is 1.38 bits per heavy atom. The predicted octanol–water partition coefficient (Wildman–Crippen LogP) is 0.285. The number of thiocarbonyl (C=S) groups is 2. The van der Waals surface area contributed by atoms with Crippen LogP contribution in [0.15, 0.2) is 11.7 Å². The third kappa shape index (κ3) is 5.41. The van der Waals surface area contributed by atoms with Crippen LogP contribution in [0.3, 0.4) is 0 Å². The molecule has 1 fully saturated rings. The van der Waals surface area contributed by atoms with Crippen LogP contribution in [0, 0.1) is 5.92 Å². The van der Waals surface area contributed by atoms with Crippen molar-refractivity contribution in [2.45, 2.75) is 12.8 Å². The summed E-state index contributed by atoms with van der Waals surface area (Å²) in [7, 11) is -0.836. The van der Waals surface area contributed by atoms with E-state index in [0.29, 0.717) is 15.8 Å². The van der Waals surface area contributed by atoms with Crippen LogP contribution >= 0.6 is 35.8 Å². The van der Waals surface area contributed by atoms with Gasteiger partial charge in [0.15, 0.2) is 0 Å². The number of nitrogens with one attached hydrogen (secondary N) is 2. The van der Waals surface area contributed by atoms with Crippen LogP contribution in [0.2, 0.25) is 0 Å². The molecule has 8 nitrogen and oxygen atoms in total. The Morgan fingerprint density at radius 3 is 2.58 bits per heavy atom. The Kier molecular flexibility index (Phi) is 6.20. The molecular weight excluding hydrogens is 390 g/mol. The van der Waals surface area contributed by atoms with E-state index < -0.39 is 21.7 Å². The molecule has 0 unspecified atom stereocenters. The van der Waals surface area contributed by atoms with Crippen molar-refractivity contribution < 1.29 is 13.2 Å². The summed E-state index contributed by atoms with van der Waals surface area (Å²) < 4.78 is 24.2. The number of nitrogens with zero attached hydrogens (tertiary/aromatic N) is 3. The molecule has 1 aromatic rings. The van der Waals surface area contributed by atoms with Gasteiger partial charge in [0, 0.05) is 26.2 Å². The van der Waals surface area contributed by atoms with E-state index in [0.717, 1.165) is 12.8 Å². The van der Waals surface area contributed by atoms with Gasteiger partial charge >= 0.3 is 0 Å². The second-order valence-corrected chi connectivity index (χ2v) is 8.68. The molecule has 2 N–H and O–H groups in total. The topological polar surface area (TPSA) is 94.6 Å². The maximum atomic E-state index is 12.1. The van der Waals surface area contributed by atoms with Gasteiger partial charge in [-0.05, 0) is 12.8 Å². The second kappa shape index (κ2) is 7.78. The maximum absolute atomic E-state index is 12.1. The average molecular weight is 408 g/mol. The molecule has 12 heteroatoms. The van der Waals surface area contributed by atoms with E-state index in [1.54, 1.807) is 12.6 Å². The van der Waals surface area contributed by atoms with Gasteiger partial charge < -0.3 is 0 Å². The highest BCUT2D eigenvalue weighted by atomic mass is 32.2. The number of rotatable bonds is 6. The molecule has 0 atom stereocenters. The van der Waals surface area contributed by atoms with Crippen molar-refractivity contribution >= 4 is 61.7 Å². The quantitative estimate of drug-likeness (QED) is 0.513. The largest absolute Gasteiger partial charge is 0.287 e. The molecule has 0 aromatic carbocycles. The van der Waals surface area contributed by atoms with Crippen molar-refractivity contribution in [1.82, 2.24) is 25.3 Å². The molecule has 0 spiro atoms. The van der Waals surface area contributed by atoms with Crippen LogP contribution in [-0.2, 0) is 14.8 Å². The smallest absolute Gasteiger partial charge is 0.255 e. The van der Waals surface area contributed by atoms with Crippen molar-refractivity contribution in [3.8, 4) is 0 Å². The fourth-order valence-corrected chi connectivity index (χ4v) is 3.98. The van der Waals surface area contributed by atoms with Gasteiger partial charge in [-0.3, -0.25) is 25.2 Å². The van der Waals surface area contributed by atoms with Gasteiger partial charge in [-0.15, -0.1) is 16.2 Å². The van der Waals surface area contributed by atoms with Gasteiger partial charge in [-0.2, -0.15) is 0 Å². The summed E-state index contributed by atoms with van der Waals surface area (Å²) in [6.45, 7) is 0. The van der Waals surface area contributed by atoms with E-state index in [-0.39, 0.29) is 4.99 Å². The fraction of sp³-hybridized carbons (Fsp3) is 0.500. The van der Waals surface area contributed by atoms with Gasteiger partial charge in [0.1, 0.15) is 10.7 Å². The standard InChI is InChI=1S/C12H17N5O3S4/c1-16(11(21)8-3-4-8)14-10(18)6-24(19,20)15-17(2)12(22)9-5-13-7-23-9/h5,7-8,15H,3-4,6H2,1-2H3,(H,14,18). The molecule has 0 radical (unpaired) electrons. The van der Waals surface area contributed by atoms with Gasteiger partial charge in [0.25, 0.3) is 5.91 Å². The Labute approximate surface area is 155 Å². The van der Waals surface area contributed by atoms with Crippen molar-refractivity contribution in [2.24, 2.45) is 5.92 Å². The van der Waals surface area contributed by atoms with Gasteiger partial charge in [-0.25, -0.2) is 8.42 Å². The third-order valence-corrected chi connectivity index (χ3v) is 6.30. The van der Waals surface area contributed by atoms with Crippen molar-refractivity contribution in [2.75, 3.05) is 19.8 Å². The van der Waals surface area contributed by atoms with Crippen LogP contribution in [0.5, 0.6) is 0 Å². The first-order valence-electron chi connectivity index (χ1n) is 6.93. The number of thiazole rings is 1. The summed E-state index contributed by atoms with van der Waals surface area (Å²) in [5, 5.41) is 2.57. The van der Waals surface area contributed by atoms with Crippen molar-refractivity contribution in [3.05, 3.63) is 16.6 Å². The van der Waals surface area contributed by atoms with Crippen molar-refractivity contribution in [3.63, 3.8) is 0 Å². The summed E-state index contributed by atoms with van der Waals surface area (Å²) in [4.78, 5) is 19.6. The first-order valence-corrected chi connectivity index (χ1v) is 10.3. The molecule has 1 amide bonds. The van der Waals surface area contributed by atoms with Crippen LogP contribution in [0.1, 0.15) is 17.7 Å². The van der Waals surface area contributed by atoms with E-state index in [1.165, 1.54) is 34.6 Å². The monoisotopic (exact) mass is 407 g/mol. The summed E-state index contributed by atoms with van der Waals surface area (Å²) >= 11 is 11.6. The number of hydrogen-bond acceptors (Lipinski definition) is 7.